The molecule has 4 aromatic rings. The normalized spacial score (nSPS) is 17.1. The minimum atomic E-state index is -0.936. The Kier molecular flexibility index (Phi) is 5.66. The summed E-state index contributed by atoms with van der Waals surface area (Å²) < 4.78 is 10.7. The highest BCUT2D eigenvalue weighted by molar-refractivity contribution is 6.52. The number of ketones is 1. The van der Waals surface area contributed by atoms with Gasteiger partial charge in [0.05, 0.1) is 36.7 Å². The number of pyridine rings is 1. The number of aliphatic hydroxyl groups is 1. The van der Waals surface area contributed by atoms with Gasteiger partial charge >= 0.3 is 0 Å². The molecule has 7 nitrogen and oxygen atoms in total. The van der Waals surface area contributed by atoms with Gasteiger partial charge in [0.15, 0.2) is 0 Å². The topological polar surface area (TPSA) is 89.0 Å². The van der Waals surface area contributed by atoms with Crippen LogP contribution < -0.4 is 14.4 Å². The molecule has 0 bridgehead atoms. The molecule has 0 saturated carbocycles. The van der Waals surface area contributed by atoms with Crippen LogP contribution in [0, 0.1) is 0 Å². The van der Waals surface area contributed by atoms with E-state index in [1.54, 1.807) is 48.7 Å². The third-order valence-corrected chi connectivity index (χ3v) is 6.10. The number of rotatable bonds is 5. The molecular formula is C28H22N2O5. The van der Waals surface area contributed by atoms with E-state index in [0.29, 0.717) is 22.9 Å². The van der Waals surface area contributed by atoms with Crippen molar-refractivity contribution in [2.75, 3.05) is 19.1 Å². The summed E-state index contributed by atoms with van der Waals surface area (Å²) in [7, 11) is 2.97. The number of hydrogen-bond acceptors (Lipinski definition) is 6. The van der Waals surface area contributed by atoms with Crippen LogP contribution in [0.25, 0.3) is 16.5 Å². The second kappa shape index (κ2) is 8.95. The smallest absolute Gasteiger partial charge is 0.300 e. The molecule has 1 N–H and O–H groups in total. The Labute approximate surface area is 201 Å². The second-order valence-electron chi connectivity index (χ2n) is 7.99. The van der Waals surface area contributed by atoms with Gasteiger partial charge in [0.25, 0.3) is 11.7 Å². The van der Waals surface area contributed by atoms with E-state index in [4.69, 9.17) is 9.47 Å². The number of hydrogen-bond donors (Lipinski definition) is 1. The largest absolute Gasteiger partial charge is 0.507 e. The molecule has 1 unspecified atom stereocenters. The molecule has 0 radical (unpaired) electrons. The maximum absolute atomic E-state index is 13.5. The van der Waals surface area contributed by atoms with Crippen molar-refractivity contribution in [2.24, 2.45) is 0 Å². The van der Waals surface area contributed by atoms with Crippen LogP contribution in [-0.4, -0.2) is 36.0 Å². The number of ether oxygens (including phenoxy) is 2. The van der Waals surface area contributed by atoms with Gasteiger partial charge in [0.2, 0.25) is 0 Å². The summed E-state index contributed by atoms with van der Waals surface area (Å²) in [4.78, 5) is 32.8. The molecule has 1 amide bonds. The molecule has 1 atom stereocenters. The Balaban J connectivity index is 1.77. The summed E-state index contributed by atoms with van der Waals surface area (Å²) in [5.41, 5.74) is 1.21. The van der Waals surface area contributed by atoms with Gasteiger partial charge in [0.1, 0.15) is 23.3 Å². The summed E-state index contributed by atoms with van der Waals surface area (Å²) in [5.74, 6) is -1.06. The standard InChI is InChI=1S/C28H22N2O5/c1-34-18-13-14-20(23(16-18)35-2)26(31)24-25(21-11-5-6-15-29-21)30(28(33)27(24)32)22-12-7-9-17-8-3-4-10-19(17)22/h3-16,25,31H,1-2H3/b26-24+. The van der Waals surface area contributed by atoms with Crippen LogP contribution >= 0.6 is 0 Å². The molecule has 35 heavy (non-hydrogen) atoms. The zero-order valence-corrected chi connectivity index (χ0v) is 19.1. The molecule has 5 rings (SSSR count). The number of carbonyl (C=O) groups excluding carboxylic acids is 2. The van der Waals surface area contributed by atoms with Crippen LogP contribution in [0.4, 0.5) is 5.69 Å². The van der Waals surface area contributed by atoms with E-state index >= 15 is 0 Å². The third kappa shape index (κ3) is 3.67. The maximum atomic E-state index is 13.5. The van der Waals surface area contributed by atoms with E-state index < -0.39 is 17.7 Å². The Morgan fingerprint density at radius 1 is 0.914 bits per heavy atom. The van der Waals surface area contributed by atoms with Crippen LogP contribution in [0.2, 0.25) is 0 Å². The minimum Gasteiger partial charge on any atom is -0.507 e. The maximum Gasteiger partial charge on any atom is 0.300 e. The Hall–Kier alpha value is -4.65. The molecule has 0 aliphatic carbocycles. The third-order valence-electron chi connectivity index (χ3n) is 6.10. The van der Waals surface area contributed by atoms with Crippen LogP contribution in [0.3, 0.4) is 0 Å². The fourth-order valence-electron chi connectivity index (χ4n) is 4.46. The number of aliphatic hydroxyl groups excluding tert-OH is 1. The van der Waals surface area contributed by atoms with Gasteiger partial charge in [-0.25, -0.2) is 0 Å². The number of carbonyl (C=O) groups is 2. The van der Waals surface area contributed by atoms with Crippen LogP contribution in [0.5, 0.6) is 11.5 Å². The van der Waals surface area contributed by atoms with Crippen molar-refractivity contribution < 1.29 is 24.2 Å². The van der Waals surface area contributed by atoms with Crippen molar-refractivity contribution in [1.82, 2.24) is 4.98 Å². The Bertz CT molecular complexity index is 1470. The summed E-state index contributed by atoms with van der Waals surface area (Å²) >= 11 is 0. The summed E-state index contributed by atoms with van der Waals surface area (Å²) in [6.45, 7) is 0. The summed E-state index contributed by atoms with van der Waals surface area (Å²) in [6, 6.07) is 22.3. The zero-order chi connectivity index (χ0) is 24.5. The van der Waals surface area contributed by atoms with E-state index in [0.717, 1.165) is 10.8 Å². The highest BCUT2D eigenvalue weighted by atomic mass is 16.5. The molecule has 7 heteroatoms. The lowest BCUT2D eigenvalue weighted by atomic mass is 9.97. The van der Waals surface area contributed by atoms with Crippen LogP contribution in [0.1, 0.15) is 17.3 Å². The van der Waals surface area contributed by atoms with Crippen molar-refractivity contribution in [1.29, 1.82) is 0 Å². The first-order chi connectivity index (χ1) is 17.0. The Morgan fingerprint density at radius 3 is 2.43 bits per heavy atom. The predicted octanol–water partition coefficient (Wildman–Crippen LogP) is 4.88. The van der Waals surface area contributed by atoms with E-state index in [2.05, 4.69) is 4.98 Å². The second-order valence-corrected chi connectivity index (χ2v) is 7.99. The first kappa shape index (κ1) is 22.2. The molecule has 1 aromatic heterocycles. The van der Waals surface area contributed by atoms with E-state index in [-0.39, 0.29) is 16.9 Å². The van der Waals surface area contributed by atoms with Gasteiger partial charge in [-0.05, 0) is 35.7 Å². The average Bonchev–Trinajstić information content (AvgIpc) is 3.18. The number of methoxy groups -OCH3 is 2. The van der Waals surface area contributed by atoms with Gasteiger partial charge in [-0.3, -0.25) is 19.5 Å². The van der Waals surface area contributed by atoms with Crippen molar-refractivity contribution in [3.63, 3.8) is 0 Å². The summed E-state index contributed by atoms with van der Waals surface area (Å²) in [5, 5.41) is 13.2. The van der Waals surface area contributed by atoms with Crippen molar-refractivity contribution in [2.45, 2.75) is 6.04 Å². The quantitative estimate of drug-likeness (QED) is 0.256. The molecular weight excluding hydrogens is 444 g/mol. The number of amides is 1. The molecule has 2 heterocycles. The van der Waals surface area contributed by atoms with Gasteiger partial charge < -0.3 is 14.6 Å². The molecule has 1 aliphatic rings. The number of benzene rings is 3. The SMILES string of the molecule is COc1ccc(/C(O)=C2\C(=O)C(=O)N(c3cccc4ccccc34)C2c2ccccn2)c(OC)c1. The van der Waals surface area contributed by atoms with Crippen molar-refractivity contribution in [3.8, 4) is 11.5 Å². The monoisotopic (exact) mass is 466 g/mol. The number of aromatic nitrogens is 1. The molecule has 3 aromatic carbocycles. The lowest BCUT2D eigenvalue weighted by Crippen LogP contribution is -2.30. The fraction of sp³-hybridized carbons (Fsp3) is 0.107. The number of nitrogens with zero attached hydrogens (tertiary/aromatic N) is 2. The molecule has 1 saturated heterocycles. The van der Waals surface area contributed by atoms with Gasteiger partial charge in [0, 0.05) is 17.6 Å². The van der Waals surface area contributed by atoms with Gasteiger partial charge in [-0.1, -0.05) is 42.5 Å². The molecule has 174 valence electrons. The Morgan fingerprint density at radius 2 is 1.69 bits per heavy atom. The fourth-order valence-corrected chi connectivity index (χ4v) is 4.46. The van der Waals surface area contributed by atoms with E-state index in [1.807, 2.05) is 36.4 Å². The molecule has 1 fully saturated rings. The summed E-state index contributed by atoms with van der Waals surface area (Å²) in [6.07, 6.45) is 1.59. The average molecular weight is 466 g/mol. The molecule has 1 aliphatic heterocycles. The minimum absolute atomic E-state index is 0.0647. The van der Waals surface area contributed by atoms with Crippen LogP contribution in [-0.2, 0) is 9.59 Å². The van der Waals surface area contributed by atoms with Crippen molar-refractivity contribution in [3.05, 3.63) is 102 Å². The lowest BCUT2D eigenvalue weighted by molar-refractivity contribution is -0.132. The number of Topliss-reactive ketones (excluding diaryl/α,β-unsaturated/α-hetero) is 1. The first-order valence-corrected chi connectivity index (χ1v) is 11.0. The van der Waals surface area contributed by atoms with Gasteiger partial charge in [-0.2, -0.15) is 0 Å². The van der Waals surface area contributed by atoms with E-state index in [1.165, 1.54) is 19.1 Å². The molecule has 0 spiro atoms. The number of anilines is 1. The van der Waals surface area contributed by atoms with Crippen molar-refractivity contribution >= 4 is 33.9 Å². The van der Waals surface area contributed by atoms with E-state index in [9.17, 15) is 14.7 Å². The number of fused-ring (bicyclic) bond motifs is 1. The lowest BCUT2D eigenvalue weighted by Gasteiger charge is -2.26. The highest BCUT2D eigenvalue weighted by Crippen LogP contribution is 2.44. The zero-order valence-electron chi connectivity index (χ0n) is 19.1. The first-order valence-electron chi connectivity index (χ1n) is 11.0. The van der Waals surface area contributed by atoms with Gasteiger partial charge in [-0.15, -0.1) is 0 Å². The van der Waals surface area contributed by atoms with Crippen LogP contribution in [0.15, 0.2) is 90.6 Å². The predicted molar refractivity (Wildman–Crippen MR) is 133 cm³/mol. The highest BCUT2D eigenvalue weighted by Gasteiger charge is 2.48.